The summed E-state index contributed by atoms with van der Waals surface area (Å²) in [4.78, 5) is 24.6. The van der Waals surface area contributed by atoms with Gasteiger partial charge in [-0.1, -0.05) is 72.3 Å². The molecule has 0 saturated carbocycles. The van der Waals surface area contributed by atoms with E-state index in [4.69, 9.17) is 16.3 Å². The Labute approximate surface area is 174 Å². The first kappa shape index (κ1) is 20.4. The topological polar surface area (TPSA) is 67.4 Å². The maximum absolute atomic E-state index is 12.5. The van der Waals surface area contributed by atoms with Crippen LogP contribution >= 0.6 is 11.6 Å². The van der Waals surface area contributed by atoms with Crippen molar-refractivity contribution >= 4 is 23.4 Å². The minimum Gasteiger partial charge on any atom is -0.483 e. The SMILES string of the molecule is O=C(COc1ccccc1C(=O)NCc1ccccc1)NCc1ccccc1Cl. The molecule has 0 bridgehead atoms. The van der Waals surface area contributed by atoms with Crippen LogP contribution in [0.3, 0.4) is 0 Å². The third kappa shape index (κ3) is 6.09. The van der Waals surface area contributed by atoms with Crippen molar-refractivity contribution < 1.29 is 14.3 Å². The summed E-state index contributed by atoms with van der Waals surface area (Å²) < 4.78 is 5.58. The lowest BCUT2D eigenvalue weighted by Crippen LogP contribution is -2.29. The van der Waals surface area contributed by atoms with Crippen LogP contribution in [0.25, 0.3) is 0 Å². The summed E-state index contributed by atoms with van der Waals surface area (Å²) in [5, 5.41) is 6.21. The maximum atomic E-state index is 12.5. The third-order valence-corrected chi connectivity index (χ3v) is 4.59. The Kier molecular flexibility index (Phi) is 7.25. The summed E-state index contributed by atoms with van der Waals surface area (Å²) in [6.07, 6.45) is 0. The van der Waals surface area contributed by atoms with Crippen LogP contribution in [0.4, 0.5) is 0 Å². The van der Waals surface area contributed by atoms with Crippen LogP contribution in [-0.2, 0) is 17.9 Å². The van der Waals surface area contributed by atoms with E-state index in [1.165, 1.54) is 0 Å². The van der Waals surface area contributed by atoms with E-state index in [1.54, 1.807) is 30.3 Å². The molecular weight excluding hydrogens is 388 g/mol. The quantitative estimate of drug-likeness (QED) is 0.592. The van der Waals surface area contributed by atoms with E-state index >= 15 is 0 Å². The minimum atomic E-state index is -0.301. The summed E-state index contributed by atoms with van der Waals surface area (Å²) in [5.74, 6) is -0.212. The van der Waals surface area contributed by atoms with Crippen LogP contribution in [0, 0.1) is 0 Å². The van der Waals surface area contributed by atoms with E-state index in [9.17, 15) is 9.59 Å². The van der Waals surface area contributed by atoms with E-state index in [0.717, 1.165) is 11.1 Å². The standard InChI is InChI=1S/C23H21ClN2O3/c24-20-12-6-4-10-18(20)15-25-22(27)16-29-21-13-7-5-11-19(21)23(28)26-14-17-8-2-1-3-9-17/h1-13H,14-16H2,(H,25,27)(H,26,28). The minimum absolute atomic E-state index is 0.201. The summed E-state index contributed by atoms with van der Waals surface area (Å²) in [6, 6.07) is 23.8. The molecule has 0 spiro atoms. The molecule has 2 amide bonds. The van der Waals surface area contributed by atoms with Gasteiger partial charge in [-0.2, -0.15) is 0 Å². The van der Waals surface area contributed by atoms with E-state index in [1.807, 2.05) is 48.5 Å². The fourth-order valence-corrected chi connectivity index (χ4v) is 2.89. The molecule has 0 radical (unpaired) electrons. The molecule has 0 aliphatic rings. The van der Waals surface area contributed by atoms with E-state index < -0.39 is 0 Å². The second-order valence-corrected chi connectivity index (χ2v) is 6.73. The normalized spacial score (nSPS) is 10.2. The second kappa shape index (κ2) is 10.3. The van der Waals surface area contributed by atoms with Gasteiger partial charge in [0.15, 0.2) is 6.61 Å². The number of hydrogen-bond donors (Lipinski definition) is 2. The molecule has 0 unspecified atom stereocenters. The number of carbonyl (C=O) groups is 2. The lowest BCUT2D eigenvalue weighted by molar-refractivity contribution is -0.123. The molecule has 29 heavy (non-hydrogen) atoms. The summed E-state index contributed by atoms with van der Waals surface area (Å²) in [7, 11) is 0. The molecule has 0 aliphatic heterocycles. The third-order valence-electron chi connectivity index (χ3n) is 4.22. The van der Waals surface area contributed by atoms with Gasteiger partial charge in [0.25, 0.3) is 11.8 Å². The first-order valence-corrected chi connectivity index (χ1v) is 9.55. The Bertz CT molecular complexity index is 977. The Balaban J connectivity index is 1.54. The van der Waals surface area contributed by atoms with Crippen molar-refractivity contribution in [2.75, 3.05) is 6.61 Å². The highest BCUT2D eigenvalue weighted by atomic mass is 35.5. The molecule has 0 aromatic heterocycles. The fourth-order valence-electron chi connectivity index (χ4n) is 2.68. The second-order valence-electron chi connectivity index (χ2n) is 6.32. The average Bonchev–Trinajstić information content (AvgIpc) is 2.76. The molecule has 0 aliphatic carbocycles. The average molecular weight is 409 g/mol. The van der Waals surface area contributed by atoms with Gasteiger partial charge in [-0.05, 0) is 29.3 Å². The molecule has 3 rings (SSSR count). The van der Waals surface area contributed by atoms with Crippen LogP contribution < -0.4 is 15.4 Å². The highest BCUT2D eigenvalue weighted by Crippen LogP contribution is 2.18. The molecule has 0 saturated heterocycles. The molecule has 5 nitrogen and oxygen atoms in total. The molecule has 0 heterocycles. The number of benzene rings is 3. The molecule has 0 fully saturated rings. The number of halogens is 1. The lowest BCUT2D eigenvalue weighted by atomic mass is 10.1. The molecule has 148 valence electrons. The van der Waals surface area contributed by atoms with Gasteiger partial charge in [-0.15, -0.1) is 0 Å². The molecule has 6 heteroatoms. The van der Waals surface area contributed by atoms with Crippen LogP contribution in [0.15, 0.2) is 78.9 Å². The first-order valence-electron chi connectivity index (χ1n) is 9.17. The summed E-state index contributed by atoms with van der Waals surface area (Å²) >= 11 is 6.08. The zero-order chi connectivity index (χ0) is 20.5. The van der Waals surface area contributed by atoms with Gasteiger partial charge in [0.1, 0.15) is 5.75 Å². The van der Waals surface area contributed by atoms with Crippen molar-refractivity contribution in [3.63, 3.8) is 0 Å². The van der Waals surface area contributed by atoms with Crippen molar-refractivity contribution in [1.82, 2.24) is 10.6 Å². The zero-order valence-electron chi connectivity index (χ0n) is 15.7. The highest BCUT2D eigenvalue weighted by molar-refractivity contribution is 6.31. The predicted molar refractivity (Wildman–Crippen MR) is 113 cm³/mol. The largest absolute Gasteiger partial charge is 0.483 e. The van der Waals surface area contributed by atoms with E-state index in [2.05, 4.69) is 10.6 Å². The van der Waals surface area contributed by atoms with Gasteiger partial charge in [-0.3, -0.25) is 9.59 Å². The Morgan fingerprint density at radius 2 is 1.48 bits per heavy atom. The van der Waals surface area contributed by atoms with E-state index in [0.29, 0.717) is 29.4 Å². The molecule has 3 aromatic rings. The number of para-hydroxylation sites is 1. The van der Waals surface area contributed by atoms with Gasteiger partial charge in [0.2, 0.25) is 0 Å². The number of carbonyl (C=O) groups excluding carboxylic acids is 2. The molecule has 3 aromatic carbocycles. The number of nitrogens with one attached hydrogen (secondary N) is 2. The van der Waals surface area contributed by atoms with Crippen LogP contribution in [0.1, 0.15) is 21.5 Å². The summed E-state index contributed by atoms with van der Waals surface area (Å²) in [6.45, 7) is 0.515. The van der Waals surface area contributed by atoms with Gasteiger partial charge >= 0.3 is 0 Å². The maximum Gasteiger partial charge on any atom is 0.258 e. The van der Waals surface area contributed by atoms with Gasteiger partial charge in [0.05, 0.1) is 5.56 Å². The fraction of sp³-hybridized carbons (Fsp3) is 0.130. The Morgan fingerprint density at radius 3 is 2.28 bits per heavy atom. The number of amides is 2. The summed E-state index contributed by atoms with van der Waals surface area (Å²) in [5.41, 5.74) is 2.20. The number of hydrogen-bond acceptors (Lipinski definition) is 3. The van der Waals surface area contributed by atoms with Crippen molar-refractivity contribution in [2.45, 2.75) is 13.1 Å². The molecule has 2 N–H and O–H groups in total. The van der Waals surface area contributed by atoms with Crippen LogP contribution in [-0.4, -0.2) is 18.4 Å². The van der Waals surface area contributed by atoms with Gasteiger partial charge < -0.3 is 15.4 Å². The van der Waals surface area contributed by atoms with Crippen LogP contribution in [0.5, 0.6) is 5.75 Å². The number of rotatable bonds is 8. The van der Waals surface area contributed by atoms with Crippen molar-refractivity contribution in [3.05, 3.63) is 101 Å². The highest BCUT2D eigenvalue weighted by Gasteiger charge is 2.13. The van der Waals surface area contributed by atoms with Crippen molar-refractivity contribution in [1.29, 1.82) is 0 Å². The smallest absolute Gasteiger partial charge is 0.258 e. The van der Waals surface area contributed by atoms with Crippen LogP contribution in [0.2, 0.25) is 5.02 Å². The van der Waals surface area contributed by atoms with Crippen molar-refractivity contribution in [3.8, 4) is 5.75 Å². The van der Waals surface area contributed by atoms with Gasteiger partial charge in [-0.25, -0.2) is 0 Å². The van der Waals surface area contributed by atoms with E-state index in [-0.39, 0.29) is 18.4 Å². The van der Waals surface area contributed by atoms with Gasteiger partial charge in [0, 0.05) is 18.1 Å². The monoisotopic (exact) mass is 408 g/mol. The Hall–Kier alpha value is -3.31. The first-order chi connectivity index (χ1) is 14.1. The molecule has 0 atom stereocenters. The lowest BCUT2D eigenvalue weighted by Gasteiger charge is -2.12. The number of ether oxygens (including phenoxy) is 1. The zero-order valence-corrected chi connectivity index (χ0v) is 16.5. The molecular formula is C23H21ClN2O3. The Morgan fingerprint density at radius 1 is 0.793 bits per heavy atom. The van der Waals surface area contributed by atoms with Crippen molar-refractivity contribution in [2.24, 2.45) is 0 Å². The predicted octanol–water partition coefficient (Wildman–Crippen LogP) is 3.97.